The number of nitrogens with one attached hydrogen (secondary N) is 1. The molecule has 1 saturated carbocycles. The lowest BCUT2D eigenvalue weighted by atomic mass is 9.82. The van der Waals surface area contributed by atoms with E-state index in [9.17, 15) is 33.2 Å². The fourth-order valence-corrected chi connectivity index (χ4v) is 11.1. The Morgan fingerprint density at radius 2 is 1.49 bits per heavy atom. The second-order valence-electron chi connectivity index (χ2n) is 19.2. The molecule has 5 N–H and O–H groups in total. The van der Waals surface area contributed by atoms with Crippen LogP contribution in [0.4, 0.5) is 13.6 Å². The summed E-state index contributed by atoms with van der Waals surface area (Å²) in [7, 11) is 2.79. The van der Waals surface area contributed by atoms with E-state index >= 15 is 4.39 Å². The Kier molecular flexibility index (Phi) is 18.1. The van der Waals surface area contributed by atoms with Gasteiger partial charge in [0.15, 0.2) is 11.6 Å². The summed E-state index contributed by atoms with van der Waals surface area (Å²) in [5.41, 5.74) is 11.2. The number of urea groups is 1. The average Bonchev–Trinajstić information content (AvgIpc) is 3.72. The predicted molar refractivity (Wildman–Crippen MR) is 269 cm³/mol. The van der Waals surface area contributed by atoms with Crippen LogP contribution in [0.5, 0.6) is 11.5 Å². The number of ether oxygens (including phenoxy) is 2. The van der Waals surface area contributed by atoms with E-state index in [0.717, 1.165) is 57.2 Å². The SMILES string of the molecule is CN.COc1ccc(C(N)=O)c(-c2c(Cl)c(F)cc3c2[C@H](C)C(c2ccccc2)O3)c1F.O=C1CCN(Cc2cccn(CC(=O)N3CCC(CC4CCN(C(=O)C5CCCCC5)CC4)CC3)c2=O)C(=O)N1. The highest BCUT2D eigenvalue weighted by atomic mass is 35.5. The molecule has 2 atom stereocenters. The number of aromatic nitrogens is 1. The molecule has 0 radical (unpaired) electrons. The Bertz CT molecular complexity index is 2670. The first-order chi connectivity index (χ1) is 34.7. The second-order valence-corrected chi connectivity index (χ2v) is 19.6. The molecule has 386 valence electrons. The zero-order valence-electron chi connectivity index (χ0n) is 41.3. The van der Waals surface area contributed by atoms with Gasteiger partial charge >= 0.3 is 6.03 Å². The van der Waals surface area contributed by atoms with Crippen LogP contribution in [-0.2, 0) is 27.5 Å². The first kappa shape index (κ1) is 53.5. The van der Waals surface area contributed by atoms with E-state index < -0.39 is 29.7 Å². The molecule has 5 aliphatic rings. The first-order valence-corrected chi connectivity index (χ1v) is 25.4. The van der Waals surface area contributed by atoms with E-state index in [4.69, 9.17) is 26.8 Å². The number of halogens is 3. The third-order valence-electron chi connectivity index (χ3n) is 14.8. The van der Waals surface area contributed by atoms with Crippen LogP contribution in [-0.4, -0.2) is 95.8 Å². The predicted octanol–water partition coefficient (Wildman–Crippen LogP) is 7.94. The molecular formula is C54H66ClF2N7O8. The summed E-state index contributed by atoms with van der Waals surface area (Å²) in [5, 5.41) is 1.96. The summed E-state index contributed by atoms with van der Waals surface area (Å²) in [4.78, 5) is 79.8. The maximum atomic E-state index is 15.4. The molecule has 4 fully saturated rings. The molecule has 18 heteroatoms. The molecule has 4 aliphatic heterocycles. The van der Waals surface area contributed by atoms with E-state index in [1.54, 1.807) is 18.3 Å². The van der Waals surface area contributed by atoms with Crippen LogP contribution < -0.4 is 31.8 Å². The number of hydrogen-bond acceptors (Lipinski definition) is 9. The fraction of sp³-hybridized carbons (Fsp3) is 0.481. The Hall–Kier alpha value is -6.33. The second kappa shape index (κ2) is 24.4. The van der Waals surface area contributed by atoms with Crippen molar-refractivity contribution < 1.29 is 42.2 Å². The van der Waals surface area contributed by atoms with Crippen LogP contribution in [0.15, 0.2) is 71.7 Å². The lowest BCUT2D eigenvalue weighted by Gasteiger charge is -2.38. The smallest absolute Gasteiger partial charge is 0.324 e. The number of carbonyl (C=O) groups is 5. The summed E-state index contributed by atoms with van der Waals surface area (Å²) >= 11 is 6.32. The van der Waals surface area contributed by atoms with Gasteiger partial charge in [-0.05, 0) is 87.6 Å². The number of piperidine rings is 2. The molecule has 5 heterocycles. The Morgan fingerprint density at radius 1 is 0.833 bits per heavy atom. The average molecular weight is 1010 g/mol. The highest BCUT2D eigenvalue weighted by molar-refractivity contribution is 6.34. The highest BCUT2D eigenvalue weighted by Crippen LogP contribution is 2.54. The largest absolute Gasteiger partial charge is 0.494 e. The van der Waals surface area contributed by atoms with Gasteiger partial charge in [0.2, 0.25) is 23.6 Å². The molecular weight excluding hydrogens is 948 g/mol. The lowest BCUT2D eigenvalue weighted by molar-refractivity contribution is -0.138. The van der Waals surface area contributed by atoms with Crippen LogP contribution in [0, 0.1) is 29.4 Å². The number of nitrogens with two attached hydrogens (primary N) is 2. The number of fused-ring (bicyclic) bond motifs is 1. The van der Waals surface area contributed by atoms with Crippen molar-refractivity contribution in [2.75, 3.05) is 46.9 Å². The van der Waals surface area contributed by atoms with E-state index in [0.29, 0.717) is 42.0 Å². The van der Waals surface area contributed by atoms with Crippen LogP contribution in [0.3, 0.4) is 0 Å². The van der Waals surface area contributed by atoms with Crippen molar-refractivity contribution >= 4 is 41.3 Å². The van der Waals surface area contributed by atoms with Gasteiger partial charge in [0.1, 0.15) is 24.2 Å². The van der Waals surface area contributed by atoms with Gasteiger partial charge in [0, 0.05) is 85.5 Å². The number of imide groups is 1. The first-order valence-electron chi connectivity index (χ1n) is 25.0. The van der Waals surface area contributed by atoms with E-state index in [1.807, 2.05) is 42.2 Å². The molecule has 1 aromatic heterocycles. The number of hydrogen-bond donors (Lipinski definition) is 3. The summed E-state index contributed by atoms with van der Waals surface area (Å²) in [6.07, 6.45) is 12.5. The van der Waals surface area contributed by atoms with Crippen molar-refractivity contribution in [1.29, 1.82) is 0 Å². The zero-order chi connectivity index (χ0) is 51.6. The minimum absolute atomic E-state index is 0.0183. The number of amides is 6. The fourth-order valence-electron chi connectivity index (χ4n) is 10.9. The third kappa shape index (κ3) is 12.1. The molecule has 9 rings (SSSR count). The quantitative estimate of drug-likeness (QED) is 0.133. The minimum Gasteiger partial charge on any atom is -0.494 e. The van der Waals surface area contributed by atoms with Crippen LogP contribution >= 0.6 is 11.6 Å². The third-order valence-corrected chi connectivity index (χ3v) is 15.1. The highest BCUT2D eigenvalue weighted by Gasteiger charge is 2.39. The van der Waals surface area contributed by atoms with Crippen molar-refractivity contribution in [2.24, 2.45) is 29.2 Å². The number of likely N-dealkylation sites (tertiary alicyclic amines) is 2. The van der Waals surface area contributed by atoms with Gasteiger partial charge in [0.25, 0.3) is 5.56 Å². The lowest BCUT2D eigenvalue weighted by Crippen LogP contribution is -2.49. The Morgan fingerprint density at radius 3 is 2.11 bits per heavy atom. The van der Waals surface area contributed by atoms with Crippen molar-refractivity contribution in [3.05, 3.63) is 116 Å². The number of rotatable bonds is 11. The van der Waals surface area contributed by atoms with Gasteiger partial charge in [-0.2, -0.15) is 0 Å². The normalized spacial score (nSPS) is 19.5. The van der Waals surface area contributed by atoms with Crippen molar-refractivity contribution in [2.45, 2.75) is 103 Å². The van der Waals surface area contributed by atoms with Gasteiger partial charge in [-0.3, -0.25) is 29.3 Å². The summed E-state index contributed by atoms with van der Waals surface area (Å²) < 4.78 is 42.6. The minimum atomic E-state index is -0.869. The topological polar surface area (TPSA) is 200 Å². The molecule has 0 bridgehead atoms. The molecule has 3 saturated heterocycles. The van der Waals surface area contributed by atoms with Gasteiger partial charge in [-0.25, -0.2) is 13.6 Å². The maximum Gasteiger partial charge on any atom is 0.324 e. The number of nitrogens with zero attached hydrogens (tertiary/aromatic N) is 4. The van der Waals surface area contributed by atoms with E-state index in [2.05, 4.69) is 16.0 Å². The standard InChI is InChI=1S/C30H43N5O5.C23H18ClF2NO3.CH5N/c36-26-12-18-35(30(40)31-26)20-25-7-4-13-34(29(25)39)21-27(37)32-14-8-22(9-15-32)19-23-10-16-33(17-11-23)28(38)24-5-2-1-3-6-24;1-11-17-16(30-22(11)12-6-4-3-5-7-12)10-14(25)20(24)19(17)18-13(23(27)28)8-9-15(29-2)21(18)26;1-2/h4,7,13,22-24H,1-3,5-6,8-12,14-21H2,(H,31,36,40);3-11,22H,1-2H3,(H2,27,28);2H2,1H3/t;11-,22?;/m.0./s1. The Labute approximate surface area is 424 Å². The van der Waals surface area contributed by atoms with Crippen molar-refractivity contribution in [3.63, 3.8) is 0 Å². The number of primary amides is 1. The molecule has 72 heavy (non-hydrogen) atoms. The van der Waals surface area contributed by atoms with Crippen LogP contribution in [0.25, 0.3) is 11.1 Å². The van der Waals surface area contributed by atoms with E-state index in [-0.39, 0.29) is 88.5 Å². The summed E-state index contributed by atoms with van der Waals surface area (Å²) in [5.74, 6) is -1.15. The Balaban J connectivity index is 0.000000212. The molecule has 15 nitrogen and oxygen atoms in total. The molecule has 1 unspecified atom stereocenters. The monoisotopic (exact) mass is 1010 g/mol. The maximum absolute atomic E-state index is 15.4. The van der Waals surface area contributed by atoms with Crippen LogP contribution in [0.2, 0.25) is 5.02 Å². The zero-order valence-corrected chi connectivity index (χ0v) is 42.1. The number of benzene rings is 3. The van der Waals surface area contributed by atoms with Gasteiger partial charge < -0.3 is 40.2 Å². The number of methoxy groups -OCH3 is 1. The van der Waals surface area contributed by atoms with Crippen molar-refractivity contribution in [1.82, 2.24) is 24.6 Å². The summed E-state index contributed by atoms with van der Waals surface area (Å²) in [6.45, 7) is 5.44. The summed E-state index contributed by atoms with van der Waals surface area (Å²) in [6, 6.07) is 16.1. The number of pyridine rings is 1. The molecule has 3 aromatic carbocycles. The molecule has 1 aliphatic carbocycles. The van der Waals surface area contributed by atoms with Gasteiger partial charge in [-0.15, -0.1) is 0 Å². The number of carbonyl (C=O) groups excluding carboxylic acids is 5. The van der Waals surface area contributed by atoms with Gasteiger partial charge in [-0.1, -0.05) is 74.2 Å². The molecule has 6 amide bonds. The van der Waals surface area contributed by atoms with E-state index in [1.165, 1.54) is 67.5 Å². The molecule has 4 aromatic rings. The molecule has 0 spiro atoms. The van der Waals surface area contributed by atoms with Crippen LogP contribution in [0.1, 0.15) is 117 Å². The van der Waals surface area contributed by atoms with Crippen molar-refractivity contribution in [3.8, 4) is 22.6 Å². The van der Waals surface area contributed by atoms with Gasteiger partial charge in [0.05, 0.1) is 24.2 Å².